The van der Waals surface area contributed by atoms with Gasteiger partial charge in [-0.2, -0.15) is 5.10 Å². The third-order valence-electron chi connectivity index (χ3n) is 1.79. The molecule has 0 aromatic carbocycles. The van der Waals surface area contributed by atoms with Gasteiger partial charge in [-0.1, -0.05) is 0 Å². The highest BCUT2D eigenvalue weighted by Gasteiger charge is 2.15. The molecular formula is C7H11N3O. The molecule has 0 spiro atoms. The van der Waals surface area contributed by atoms with E-state index in [0.29, 0.717) is 6.10 Å². The molecule has 60 valence electrons. The minimum Gasteiger partial charge on any atom is -0.486 e. The van der Waals surface area contributed by atoms with Gasteiger partial charge in [0.05, 0.1) is 12.4 Å². The molecule has 0 saturated carbocycles. The van der Waals surface area contributed by atoms with E-state index in [1.165, 1.54) is 0 Å². The summed E-state index contributed by atoms with van der Waals surface area (Å²) in [4.78, 5) is 0. The van der Waals surface area contributed by atoms with Gasteiger partial charge in [-0.05, 0) is 13.0 Å². The second kappa shape index (κ2) is 2.92. The minimum absolute atomic E-state index is 0.326. The number of hydrogen-bond donors (Lipinski definition) is 2. The maximum atomic E-state index is 5.56. The summed E-state index contributed by atoms with van der Waals surface area (Å²) in [6.45, 7) is 2.01. The van der Waals surface area contributed by atoms with Gasteiger partial charge in [0.25, 0.3) is 0 Å². The van der Waals surface area contributed by atoms with Crippen molar-refractivity contribution in [2.45, 2.75) is 12.5 Å². The van der Waals surface area contributed by atoms with E-state index in [0.717, 1.165) is 25.3 Å². The third-order valence-corrected chi connectivity index (χ3v) is 1.79. The molecule has 1 fully saturated rings. The highest BCUT2D eigenvalue weighted by atomic mass is 16.5. The molecule has 1 aliphatic heterocycles. The number of rotatable bonds is 2. The standard InChI is InChI=1S/C7H11N3O/c1-2-8-3-6(1)11-7-4-9-10-5-7/h4-6,8H,1-3H2,(H,9,10). The van der Waals surface area contributed by atoms with Gasteiger partial charge < -0.3 is 10.1 Å². The molecule has 11 heavy (non-hydrogen) atoms. The fraction of sp³-hybridized carbons (Fsp3) is 0.571. The number of aromatic nitrogens is 2. The van der Waals surface area contributed by atoms with Crippen molar-refractivity contribution in [1.82, 2.24) is 15.5 Å². The molecule has 4 nitrogen and oxygen atoms in total. The predicted molar refractivity (Wildman–Crippen MR) is 40.5 cm³/mol. The highest BCUT2D eigenvalue weighted by molar-refractivity contribution is 5.11. The molecule has 1 aromatic heterocycles. The Balaban J connectivity index is 1.90. The van der Waals surface area contributed by atoms with Gasteiger partial charge in [0.2, 0.25) is 0 Å². The van der Waals surface area contributed by atoms with Gasteiger partial charge in [-0.15, -0.1) is 0 Å². The van der Waals surface area contributed by atoms with Gasteiger partial charge in [-0.25, -0.2) is 0 Å². The Morgan fingerprint density at radius 3 is 3.27 bits per heavy atom. The Labute approximate surface area is 64.9 Å². The summed E-state index contributed by atoms with van der Waals surface area (Å²) in [6.07, 6.45) is 4.87. The number of nitrogens with zero attached hydrogens (tertiary/aromatic N) is 1. The summed E-state index contributed by atoms with van der Waals surface area (Å²) >= 11 is 0. The Morgan fingerprint density at radius 2 is 2.64 bits per heavy atom. The number of aromatic amines is 1. The summed E-state index contributed by atoms with van der Waals surface area (Å²) in [5, 5.41) is 9.73. The second-order valence-electron chi connectivity index (χ2n) is 2.67. The van der Waals surface area contributed by atoms with E-state index >= 15 is 0 Å². The zero-order valence-corrected chi connectivity index (χ0v) is 6.21. The van der Waals surface area contributed by atoms with Crippen LogP contribution in [0.25, 0.3) is 0 Å². The zero-order chi connectivity index (χ0) is 7.52. The van der Waals surface area contributed by atoms with Crippen LogP contribution in [-0.2, 0) is 0 Å². The quantitative estimate of drug-likeness (QED) is 0.636. The molecule has 0 radical (unpaired) electrons. The maximum absolute atomic E-state index is 5.56. The molecular weight excluding hydrogens is 142 g/mol. The summed E-state index contributed by atoms with van der Waals surface area (Å²) in [6, 6.07) is 0. The van der Waals surface area contributed by atoms with Crippen LogP contribution >= 0.6 is 0 Å². The van der Waals surface area contributed by atoms with Crippen LogP contribution in [-0.4, -0.2) is 29.4 Å². The third kappa shape index (κ3) is 1.51. The van der Waals surface area contributed by atoms with Crippen LogP contribution in [0.2, 0.25) is 0 Å². The average molecular weight is 153 g/mol. The summed E-state index contributed by atoms with van der Waals surface area (Å²) in [5.41, 5.74) is 0. The van der Waals surface area contributed by atoms with Crippen molar-refractivity contribution in [3.05, 3.63) is 12.4 Å². The Bertz CT molecular complexity index is 203. The fourth-order valence-electron chi connectivity index (χ4n) is 1.22. The first-order valence-corrected chi connectivity index (χ1v) is 3.81. The average Bonchev–Trinajstić information content (AvgIpc) is 2.60. The maximum Gasteiger partial charge on any atom is 0.157 e. The SMILES string of the molecule is c1n[nH]cc1OC1CCNC1. The van der Waals surface area contributed by atoms with Crippen molar-refractivity contribution in [3.63, 3.8) is 0 Å². The van der Waals surface area contributed by atoms with Gasteiger partial charge >= 0.3 is 0 Å². The van der Waals surface area contributed by atoms with Crippen LogP contribution in [0, 0.1) is 0 Å². The molecule has 0 aliphatic carbocycles. The monoisotopic (exact) mass is 153 g/mol. The lowest BCUT2D eigenvalue weighted by molar-refractivity contribution is 0.223. The molecule has 1 unspecified atom stereocenters. The lowest BCUT2D eigenvalue weighted by Crippen LogP contribution is -2.19. The molecule has 1 aliphatic rings. The van der Waals surface area contributed by atoms with E-state index < -0.39 is 0 Å². The number of hydrogen-bond acceptors (Lipinski definition) is 3. The van der Waals surface area contributed by atoms with E-state index in [1.807, 2.05) is 0 Å². The number of nitrogens with one attached hydrogen (secondary N) is 2. The summed E-state index contributed by atoms with van der Waals surface area (Å²) in [7, 11) is 0. The van der Waals surface area contributed by atoms with Crippen LogP contribution in [0.15, 0.2) is 12.4 Å². The first kappa shape index (κ1) is 6.67. The Hall–Kier alpha value is -1.03. The van der Waals surface area contributed by atoms with Crippen molar-refractivity contribution in [3.8, 4) is 5.75 Å². The minimum atomic E-state index is 0.326. The van der Waals surface area contributed by atoms with Gasteiger partial charge in [0.15, 0.2) is 5.75 Å². The first-order valence-electron chi connectivity index (χ1n) is 3.81. The fourth-order valence-corrected chi connectivity index (χ4v) is 1.22. The molecule has 2 heterocycles. The molecule has 2 rings (SSSR count). The second-order valence-corrected chi connectivity index (χ2v) is 2.67. The normalized spacial score (nSPS) is 23.8. The topological polar surface area (TPSA) is 49.9 Å². The summed E-state index contributed by atoms with van der Waals surface area (Å²) < 4.78 is 5.56. The van der Waals surface area contributed by atoms with Crippen molar-refractivity contribution >= 4 is 0 Å². The molecule has 0 amide bonds. The Kier molecular flexibility index (Phi) is 1.77. The lowest BCUT2D eigenvalue weighted by Gasteiger charge is -2.08. The van der Waals surface area contributed by atoms with E-state index in [1.54, 1.807) is 12.4 Å². The van der Waals surface area contributed by atoms with Gasteiger partial charge in [0.1, 0.15) is 6.10 Å². The molecule has 1 atom stereocenters. The van der Waals surface area contributed by atoms with Gasteiger partial charge in [0, 0.05) is 6.54 Å². The highest BCUT2D eigenvalue weighted by Crippen LogP contribution is 2.11. The lowest BCUT2D eigenvalue weighted by atomic mass is 10.3. The molecule has 0 bridgehead atoms. The smallest absolute Gasteiger partial charge is 0.157 e. The van der Waals surface area contributed by atoms with Gasteiger partial charge in [-0.3, -0.25) is 5.10 Å². The first-order chi connectivity index (χ1) is 5.45. The van der Waals surface area contributed by atoms with Crippen molar-refractivity contribution in [1.29, 1.82) is 0 Å². The molecule has 4 heteroatoms. The van der Waals surface area contributed by atoms with Crippen LogP contribution < -0.4 is 10.1 Å². The summed E-state index contributed by atoms with van der Waals surface area (Å²) in [5.74, 6) is 0.832. The number of ether oxygens (including phenoxy) is 1. The van der Waals surface area contributed by atoms with Crippen LogP contribution in [0.1, 0.15) is 6.42 Å². The number of H-pyrrole nitrogens is 1. The largest absolute Gasteiger partial charge is 0.486 e. The molecule has 1 saturated heterocycles. The van der Waals surface area contributed by atoms with Crippen molar-refractivity contribution in [2.24, 2.45) is 0 Å². The molecule has 1 aromatic rings. The predicted octanol–water partition coefficient (Wildman–Crippen LogP) is 0.150. The van der Waals surface area contributed by atoms with Crippen LogP contribution in [0.4, 0.5) is 0 Å². The van der Waals surface area contributed by atoms with E-state index in [4.69, 9.17) is 4.74 Å². The van der Waals surface area contributed by atoms with Crippen LogP contribution in [0.3, 0.4) is 0 Å². The molecule has 2 N–H and O–H groups in total. The zero-order valence-electron chi connectivity index (χ0n) is 6.21. The van der Waals surface area contributed by atoms with E-state index in [9.17, 15) is 0 Å². The van der Waals surface area contributed by atoms with Crippen LogP contribution in [0.5, 0.6) is 5.75 Å². The Morgan fingerprint density at radius 1 is 1.64 bits per heavy atom. The van der Waals surface area contributed by atoms with Crippen molar-refractivity contribution in [2.75, 3.05) is 13.1 Å². The van der Waals surface area contributed by atoms with Crippen molar-refractivity contribution < 1.29 is 4.74 Å². The van der Waals surface area contributed by atoms with E-state index in [-0.39, 0.29) is 0 Å². The van der Waals surface area contributed by atoms with E-state index in [2.05, 4.69) is 15.5 Å².